The van der Waals surface area contributed by atoms with Crippen molar-refractivity contribution in [3.63, 3.8) is 0 Å². The van der Waals surface area contributed by atoms with E-state index < -0.39 is 12.2 Å². The fourth-order valence-electron chi connectivity index (χ4n) is 4.76. The predicted molar refractivity (Wildman–Crippen MR) is 148 cm³/mol. The summed E-state index contributed by atoms with van der Waals surface area (Å²) in [6.45, 7) is 3.89. The molecule has 0 N–H and O–H groups in total. The highest BCUT2D eigenvalue weighted by Crippen LogP contribution is 2.35. The van der Waals surface area contributed by atoms with Crippen LogP contribution in [0.4, 0.5) is 0 Å². The first-order chi connectivity index (χ1) is 17.2. The second-order valence-electron chi connectivity index (χ2n) is 9.68. The van der Waals surface area contributed by atoms with Crippen molar-refractivity contribution in [3.8, 4) is 12.1 Å². The van der Waals surface area contributed by atoms with Gasteiger partial charge in [-0.3, -0.25) is 0 Å². The lowest BCUT2D eigenvalue weighted by Gasteiger charge is -2.20. The van der Waals surface area contributed by atoms with E-state index in [1.165, 1.54) is 0 Å². The quantitative estimate of drug-likeness (QED) is 0.222. The molecule has 0 aromatic carbocycles. The van der Waals surface area contributed by atoms with Gasteiger partial charge in [-0.1, -0.05) is 56.2 Å². The number of nitrogens with zero attached hydrogens (tertiary/aromatic N) is 2. The molecule has 2 fully saturated rings. The maximum Gasteiger partial charge on any atom is 0.147 e. The summed E-state index contributed by atoms with van der Waals surface area (Å²) in [5, 5.41) is 18.2. The maximum atomic E-state index is 9.12. The molecule has 4 rings (SSSR count). The summed E-state index contributed by atoms with van der Waals surface area (Å²) in [4.78, 5) is 0.539. The zero-order valence-corrected chi connectivity index (χ0v) is 25.2. The molecule has 36 heavy (non-hydrogen) atoms. The molecule has 0 aliphatic carbocycles. The van der Waals surface area contributed by atoms with Crippen LogP contribution in [0.5, 0.6) is 0 Å². The summed E-state index contributed by atoms with van der Waals surface area (Å²) in [6, 6.07) is 4.36. The molecule has 4 aliphatic heterocycles. The molecular weight excluding hydrogens is 635 g/mol. The van der Waals surface area contributed by atoms with Crippen molar-refractivity contribution in [2.75, 3.05) is 0 Å². The molecule has 4 heterocycles. The molecule has 0 amide bonds. The molecule has 0 aromatic heterocycles. The van der Waals surface area contributed by atoms with Crippen LogP contribution in [-0.2, 0) is 18.9 Å². The Balaban J connectivity index is 0.000000201. The summed E-state index contributed by atoms with van der Waals surface area (Å²) in [5.74, 6) is 0. The number of alkyl halides is 4. The van der Waals surface area contributed by atoms with Crippen LogP contribution in [0.1, 0.15) is 52.4 Å². The van der Waals surface area contributed by atoms with Gasteiger partial charge in [-0.05, 0) is 39.5 Å². The minimum absolute atomic E-state index is 0.0341. The van der Waals surface area contributed by atoms with Gasteiger partial charge < -0.3 is 18.9 Å². The second kappa shape index (κ2) is 14.8. The van der Waals surface area contributed by atoms with Crippen molar-refractivity contribution in [1.82, 2.24) is 0 Å². The second-order valence-corrected chi connectivity index (χ2v) is 13.2. The predicted octanol–water partition coefficient (Wildman–Crippen LogP) is 6.32. The van der Waals surface area contributed by atoms with Gasteiger partial charge in [0.1, 0.15) is 12.2 Å². The average molecular weight is 669 g/mol. The van der Waals surface area contributed by atoms with Crippen molar-refractivity contribution in [3.05, 3.63) is 24.3 Å². The molecule has 0 aromatic rings. The van der Waals surface area contributed by atoms with Gasteiger partial charge in [0.05, 0.1) is 59.5 Å². The molecular formula is C26H34Br2Cl2N2O4. The van der Waals surface area contributed by atoms with Crippen molar-refractivity contribution < 1.29 is 18.9 Å². The Morgan fingerprint density at radius 3 is 1.42 bits per heavy atom. The Hall–Kier alpha value is -0.160. The summed E-state index contributed by atoms with van der Waals surface area (Å²) >= 11 is 19.9. The Kier molecular flexibility index (Phi) is 12.5. The van der Waals surface area contributed by atoms with Crippen LogP contribution in [0, 0.1) is 22.7 Å². The lowest BCUT2D eigenvalue weighted by Crippen LogP contribution is -2.27. The SMILES string of the molecule is C[C@H]1/C=C/C[C@H](Br)[C@@H]2C[C@@H](Cl)[C@@H](C[C@H](C#N)O1)O2.C[C@H]1/C=C/C[C@H](Br)[C@@H]2C[C@@H](Cl)[C@@H](C[C@H](C#N)O1)O2. The summed E-state index contributed by atoms with van der Waals surface area (Å²) in [6.07, 6.45) is 11.7. The molecule has 4 bridgehead atoms. The normalized spacial score (nSPS) is 47.0. The van der Waals surface area contributed by atoms with Gasteiger partial charge in [0.15, 0.2) is 0 Å². The average Bonchev–Trinajstić information content (AvgIpc) is 3.38. The van der Waals surface area contributed by atoms with Crippen LogP contribution in [-0.4, -0.2) is 69.2 Å². The van der Waals surface area contributed by atoms with Crippen molar-refractivity contribution in [2.24, 2.45) is 0 Å². The summed E-state index contributed by atoms with van der Waals surface area (Å²) in [7, 11) is 0. The van der Waals surface area contributed by atoms with Crippen molar-refractivity contribution in [1.29, 1.82) is 10.5 Å². The fraction of sp³-hybridized carbons (Fsp3) is 0.769. The molecule has 2 saturated heterocycles. The Morgan fingerprint density at radius 2 is 1.06 bits per heavy atom. The number of halogens is 4. The van der Waals surface area contributed by atoms with Crippen LogP contribution in [0.25, 0.3) is 0 Å². The highest BCUT2D eigenvalue weighted by molar-refractivity contribution is 9.09. The first-order valence-electron chi connectivity index (χ1n) is 12.5. The van der Waals surface area contributed by atoms with Gasteiger partial charge in [-0.25, -0.2) is 0 Å². The monoisotopic (exact) mass is 666 g/mol. The molecule has 10 heteroatoms. The molecule has 0 radical (unpaired) electrons. The zero-order chi connectivity index (χ0) is 26.2. The number of allylic oxidation sites excluding steroid dienone is 2. The molecule has 200 valence electrons. The molecule has 0 spiro atoms. The number of hydrogen-bond acceptors (Lipinski definition) is 6. The zero-order valence-electron chi connectivity index (χ0n) is 20.5. The standard InChI is InChI=1S/2C13H17BrClNO2/c2*1-8-3-2-4-10(14)12-6-11(15)13(18-12)5-9(7-16)17-8/h2*2-3,8-13H,4-6H2,1H3/b2*3-2+/t2*8-,9+,10-,11+,12-,13+/m00/s1. The first-order valence-corrected chi connectivity index (χ1v) is 15.2. The van der Waals surface area contributed by atoms with Crippen molar-refractivity contribution in [2.45, 2.75) is 122 Å². The van der Waals surface area contributed by atoms with E-state index in [4.69, 9.17) is 52.7 Å². The molecule has 0 saturated carbocycles. The van der Waals surface area contributed by atoms with E-state index in [0.717, 1.165) is 25.7 Å². The van der Waals surface area contributed by atoms with Crippen LogP contribution in [0.3, 0.4) is 0 Å². The van der Waals surface area contributed by atoms with E-state index >= 15 is 0 Å². The largest absolute Gasteiger partial charge is 0.372 e. The van der Waals surface area contributed by atoms with Crippen molar-refractivity contribution >= 4 is 55.1 Å². The van der Waals surface area contributed by atoms with Crippen LogP contribution in [0.2, 0.25) is 0 Å². The third-order valence-electron chi connectivity index (χ3n) is 6.70. The van der Waals surface area contributed by atoms with Crippen LogP contribution < -0.4 is 0 Å². The number of nitriles is 2. The minimum atomic E-state index is -0.457. The number of hydrogen-bond donors (Lipinski definition) is 0. The van der Waals surface area contributed by atoms with Gasteiger partial charge in [-0.2, -0.15) is 10.5 Å². The Labute approximate surface area is 241 Å². The number of ether oxygens (including phenoxy) is 4. The van der Waals surface area contributed by atoms with E-state index in [1.54, 1.807) is 0 Å². The maximum absolute atomic E-state index is 9.12. The number of rotatable bonds is 0. The minimum Gasteiger partial charge on any atom is -0.372 e. The smallest absolute Gasteiger partial charge is 0.147 e. The van der Waals surface area contributed by atoms with E-state index in [1.807, 2.05) is 26.0 Å². The van der Waals surface area contributed by atoms with Gasteiger partial charge in [0.2, 0.25) is 0 Å². The molecule has 0 unspecified atom stereocenters. The van der Waals surface area contributed by atoms with E-state index in [2.05, 4.69) is 56.2 Å². The molecule has 4 aliphatic rings. The highest BCUT2D eigenvalue weighted by atomic mass is 79.9. The molecule has 12 atom stereocenters. The third-order valence-corrected chi connectivity index (χ3v) is 9.55. The summed E-state index contributed by atoms with van der Waals surface area (Å²) < 4.78 is 23.2. The Bertz CT molecular complexity index is 783. The lowest BCUT2D eigenvalue weighted by atomic mass is 10.1. The van der Waals surface area contributed by atoms with Crippen LogP contribution >= 0.6 is 55.1 Å². The van der Waals surface area contributed by atoms with Gasteiger partial charge in [0.25, 0.3) is 0 Å². The highest BCUT2D eigenvalue weighted by Gasteiger charge is 2.40. The lowest BCUT2D eigenvalue weighted by molar-refractivity contribution is -0.00737. The van der Waals surface area contributed by atoms with E-state index in [0.29, 0.717) is 12.8 Å². The van der Waals surface area contributed by atoms with Gasteiger partial charge in [-0.15, -0.1) is 23.2 Å². The third kappa shape index (κ3) is 8.95. The van der Waals surface area contributed by atoms with Gasteiger partial charge in [0, 0.05) is 22.5 Å². The summed E-state index contributed by atoms with van der Waals surface area (Å²) in [5.41, 5.74) is 0. The van der Waals surface area contributed by atoms with E-state index in [-0.39, 0.29) is 57.0 Å². The van der Waals surface area contributed by atoms with E-state index in [9.17, 15) is 0 Å². The van der Waals surface area contributed by atoms with Crippen LogP contribution in [0.15, 0.2) is 24.3 Å². The topological polar surface area (TPSA) is 84.5 Å². The Morgan fingerprint density at radius 1 is 0.667 bits per heavy atom. The first kappa shape index (κ1) is 30.4. The van der Waals surface area contributed by atoms with Gasteiger partial charge >= 0.3 is 0 Å². The number of fused-ring (bicyclic) bond motifs is 4. The molecule has 6 nitrogen and oxygen atoms in total. The fourth-order valence-corrected chi connectivity index (χ4v) is 6.55.